The molecule has 0 aliphatic rings. The van der Waals surface area contributed by atoms with E-state index in [2.05, 4.69) is 26.6 Å². The van der Waals surface area contributed by atoms with Gasteiger partial charge in [-0.3, -0.25) is 34.1 Å². The molecule has 0 aliphatic heterocycles. The molecule has 0 fully saturated rings. The molecule has 0 spiro atoms. The van der Waals surface area contributed by atoms with Gasteiger partial charge in [0.05, 0.1) is 26.2 Å². The van der Waals surface area contributed by atoms with Gasteiger partial charge in [0.2, 0.25) is 29.5 Å². The standard InChI is InChI=1S/C41H76N6O12/c1-27(2)44-30(48)24-47(25-31(49)45-28(3)4)32(50)14-17-42-36(56)40(9,10)16-19-58-21-22-59-20-18-43-35(55)39(7,8)15-13-29(34(53)54)46-37(57)41(11,12)26-38(5,6)23-33(51)52/h27-29,35,43,55H,13-26H2,1-12H3,(H,42,56)(H,44,48)(H,45,49)(H,46,57)(H,51,52)(H,53,54)/t29-,35?/m0/s1. The maximum Gasteiger partial charge on any atom is 0.326 e. The Labute approximate surface area is 351 Å². The second-order valence-corrected chi connectivity index (χ2v) is 18.6. The van der Waals surface area contributed by atoms with E-state index in [9.17, 15) is 48.9 Å². The van der Waals surface area contributed by atoms with Crippen LogP contribution >= 0.6 is 0 Å². The summed E-state index contributed by atoms with van der Waals surface area (Å²) in [5, 5.41) is 43.6. The van der Waals surface area contributed by atoms with Crippen molar-refractivity contribution < 1.29 is 58.4 Å². The van der Waals surface area contributed by atoms with E-state index in [1.165, 1.54) is 4.90 Å². The summed E-state index contributed by atoms with van der Waals surface area (Å²) in [6, 6.07) is -1.46. The zero-order valence-electron chi connectivity index (χ0n) is 37.7. The van der Waals surface area contributed by atoms with Gasteiger partial charge in [0.25, 0.3) is 0 Å². The first-order valence-corrected chi connectivity index (χ1v) is 20.5. The summed E-state index contributed by atoms with van der Waals surface area (Å²) >= 11 is 0. The molecule has 0 saturated heterocycles. The molecule has 0 saturated carbocycles. The fraction of sp³-hybridized carbons (Fsp3) is 0.829. The van der Waals surface area contributed by atoms with Crippen LogP contribution in [0.25, 0.3) is 0 Å². The number of aliphatic carboxylic acids is 2. The fourth-order valence-corrected chi connectivity index (χ4v) is 6.31. The van der Waals surface area contributed by atoms with Gasteiger partial charge in [-0.1, -0.05) is 55.4 Å². The third-order valence-corrected chi connectivity index (χ3v) is 9.57. The second kappa shape index (κ2) is 25.7. The molecule has 0 radical (unpaired) electrons. The van der Waals surface area contributed by atoms with E-state index in [0.29, 0.717) is 13.0 Å². The molecule has 18 heteroatoms. The lowest BCUT2D eigenvalue weighted by molar-refractivity contribution is -0.145. The van der Waals surface area contributed by atoms with Crippen LogP contribution in [-0.4, -0.2) is 139 Å². The first-order chi connectivity index (χ1) is 27.0. The summed E-state index contributed by atoms with van der Waals surface area (Å²) in [7, 11) is 0. The third kappa shape index (κ3) is 24.1. The van der Waals surface area contributed by atoms with E-state index < -0.39 is 57.7 Å². The molecule has 0 aromatic carbocycles. The largest absolute Gasteiger partial charge is 0.481 e. The lowest BCUT2D eigenvalue weighted by atomic mass is 9.72. The van der Waals surface area contributed by atoms with Crippen LogP contribution in [0.4, 0.5) is 0 Å². The number of carboxylic acid groups (broad SMARTS) is 2. The molecule has 0 aromatic rings. The summed E-state index contributed by atoms with van der Waals surface area (Å²) < 4.78 is 11.2. The molecule has 0 aromatic heterocycles. The van der Waals surface area contributed by atoms with Crippen LogP contribution in [0.2, 0.25) is 0 Å². The van der Waals surface area contributed by atoms with Crippen molar-refractivity contribution in [2.24, 2.45) is 21.7 Å². The number of nitrogens with one attached hydrogen (secondary N) is 5. The summed E-state index contributed by atoms with van der Waals surface area (Å²) in [6.07, 6.45) is -0.271. The van der Waals surface area contributed by atoms with Gasteiger partial charge in [-0.15, -0.1) is 0 Å². The minimum absolute atomic E-state index is 0.0287. The van der Waals surface area contributed by atoms with Gasteiger partial charge < -0.3 is 51.0 Å². The van der Waals surface area contributed by atoms with Crippen molar-refractivity contribution in [2.45, 2.75) is 146 Å². The van der Waals surface area contributed by atoms with Crippen molar-refractivity contribution in [1.29, 1.82) is 0 Å². The Bertz CT molecular complexity index is 1360. The molecule has 18 nitrogen and oxygen atoms in total. The zero-order chi connectivity index (χ0) is 45.8. The van der Waals surface area contributed by atoms with Gasteiger partial charge in [0.15, 0.2) is 0 Å². The minimum atomic E-state index is -1.21. The molecule has 0 bridgehead atoms. The maximum absolute atomic E-state index is 13.1. The highest BCUT2D eigenvalue weighted by atomic mass is 16.5. The highest BCUT2D eigenvalue weighted by molar-refractivity contribution is 5.90. The number of carboxylic acids is 2. The Morgan fingerprint density at radius 1 is 0.661 bits per heavy atom. The summed E-state index contributed by atoms with van der Waals surface area (Å²) in [6.45, 7) is 21.9. The topological polar surface area (TPSA) is 262 Å². The van der Waals surface area contributed by atoms with Crippen LogP contribution in [-0.2, 0) is 43.0 Å². The highest BCUT2D eigenvalue weighted by Crippen LogP contribution is 2.37. The molecule has 2 atom stereocenters. The van der Waals surface area contributed by atoms with Crippen LogP contribution in [0.1, 0.15) is 122 Å². The first kappa shape index (κ1) is 55.1. The number of ether oxygens (including phenoxy) is 2. The maximum atomic E-state index is 13.1. The van der Waals surface area contributed by atoms with Crippen LogP contribution in [0, 0.1) is 21.7 Å². The molecule has 0 rings (SSSR count). The number of hydrogen-bond acceptors (Lipinski definition) is 11. The van der Waals surface area contributed by atoms with Crippen LogP contribution in [0.5, 0.6) is 0 Å². The van der Waals surface area contributed by atoms with E-state index in [-0.39, 0.29) is 108 Å². The van der Waals surface area contributed by atoms with Crippen molar-refractivity contribution in [3.8, 4) is 0 Å². The van der Waals surface area contributed by atoms with Crippen LogP contribution in [0.15, 0.2) is 0 Å². The summed E-state index contributed by atoms with van der Waals surface area (Å²) in [5.41, 5.74) is -3.26. The zero-order valence-corrected chi connectivity index (χ0v) is 37.7. The minimum Gasteiger partial charge on any atom is -0.481 e. The Morgan fingerprint density at radius 2 is 1.19 bits per heavy atom. The lowest BCUT2D eigenvalue weighted by Gasteiger charge is -2.35. The van der Waals surface area contributed by atoms with Gasteiger partial charge in [0.1, 0.15) is 25.4 Å². The monoisotopic (exact) mass is 845 g/mol. The number of aliphatic hydroxyl groups excluding tert-OH is 1. The molecule has 342 valence electrons. The summed E-state index contributed by atoms with van der Waals surface area (Å²) in [4.78, 5) is 88.0. The van der Waals surface area contributed by atoms with Gasteiger partial charge in [-0.05, 0) is 58.8 Å². The van der Waals surface area contributed by atoms with Gasteiger partial charge in [-0.2, -0.15) is 0 Å². The van der Waals surface area contributed by atoms with Crippen molar-refractivity contribution in [3.63, 3.8) is 0 Å². The number of rotatable bonds is 31. The van der Waals surface area contributed by atoms with Crippen LogP contribution < -0.4 is 26.6 Å². The average molecular weight is 845 g/mol. The van der Waals surface area contributed by atoms with E-state index >= 15 is 0 Å². The van der Waals surface area contributed by atoms with Crippen molar-refractivity contribution >= 4 is 41.5 Å². The molecule has 1 unspecified atom stereocenters. The molecule has 0 aliphatic carbocycles. The Kier molecular flexibility index (Phi) is 24.0. The molecule has 59 heavy (non-hydrogen) atoms. The normalized spacial score (nSPS) is 13.4. The van der Waals surface area contributed by atoms with Gasteiger partial charge >= 0.3 is 11.9 Å². The fourth-order valence-electron chi connectivity index (χ4n) is 6.31. The predicted octanol–water partition coefficient (Wildman–Crippen LogP) is 2.02. The molecular weight excluding hydrogens is 768 g/mol. The van der Waals surface area contributed by atoms with Gasteiger partial charge in [-0.25, -0.2) is 4.79 Å². The molecule has 0 heterocycles. The first-order valence-electron chi connectivity index (χ1n) is 20.5. The SMILES string of the molecule is CC(C)NC(=O)CN(CC(=O)NC(C)C)C(=O)CCNC(=O)C(C)(C)CCOCCOCCNC(O)C(C)(C)CC[C@H](NC(=O)C(C)(C)CC(C)(C)CC(=O)O)C(=O)O. The smallest absolute Gasteiger partial charge is 0.326 e. The number of nitrogens with zero attached hydrogens (tertiary/aromatic N) is 1. The number of amides is 5. The quantitative estimate of drug-likeness (QED) is 0.0368. The Hall–Kier alpha value is -3.87. The van der Waals surface area contributed by atoms with Crippen molar-refractivity contribution in [1.82, 2.24) is 31.5 Å². The summed E-state index contributed by atoms with van der Waals surface area (Å²) in [5.74, 6) is -4.17. The van der Waals surface area contributed by atoms with Crippen molar-refractivity contribution in [2.75, 3.05) is 52.6 Å². The molecule has 8 N–H and O–H groups in total. The lowest BCUT2D eigenvalue weighted by Crippen LogP contribution is -2.49. The number of hydrogen-bond donors (Lipinski definition) is 8. The van der Waals surface area contributed by atoms with E-state index in [1.807, 2.05) is 0 Å². The number of carbonyl (C=O) groups excluding carboxylic acids is 5. The second-order valence-electron chi connectivity index (χ2n) is 18.6. The third-order valence-electron chi connectivity index (χ3n) is 9.57. The predicted molar refractivity (Wildman–Crippen MR) is 222 cm³/mol. The average Bonchev–Trinajstić information content (AvgIpc) is 3.06. The molecule has 5 amide bonds. The van der Waals surface area contributed by atoms with E-state index in [4.69, 9.17) is 9.47 Å². The van der Waals surface area contributed by atoms with Gasteiger partial charge in [0, 0.05) is 54.4 Å². The highest BCUT2D eigenvalue weighted by Gasteiger charge is 2.38. The van der Waals surface area contributed by atoms with Crippen molar-refractivity contribution in [3.05, 3.63) is 0 Å². The number of aliphatic hydroxyl groups is 1. The van der Waals surface area contributed by atoms with Crippen LogP contribution in [0.3, 0.4) is 0 Å². The van der Waals surface area contributed by atoms with E-state index in [1.54, 1.807) is 83.1 Å². The molecular formula is C41H76N6O12. The number of carbonyl (C=O) groups is 7. The Balaban J connectivity index is 4.63. The Morgan fingerprint density at radius 3 is 1.68 bits per heavy atom. The van der Waals surface area contributed by atoms with E-state index in [0.717, 1.165) is 0 Å².